The van der Waals surface area contributed by atoms with Crippen molar-refractivity contribution in [2.75, 3.05) is 69.1 Å². The number of amides is 1. The summed E-state index contributed by atoms with van der Waals surface area (Å²) in [5.41, 5.74) is 5.23. The molecule has 9 nitrogen and oxygen atoms in total. The van der Waals surface area contributed by atoms with E-state index >= 15 is 0 Å². The molecule has 42 heavy (non-hydrogen) atoms. The first-order valence-electron chi connectivity index (χ1n) is 13.9. The first-order chi connectivity index (χ1) is 20.3. The van der Waals surface area contributed by atoms with E-state index in [1.54, 1.807) is 17.0 Å². The number of morpholine rings is 2. The van der Waals surface area contributed by atoms with Gasteiger partial charge in [-0.3, -0.25) is 4.79 Å². The first kappa shape index (κ1) is 28.6. The SMILES string of the molecule is Cc1cc(-c2cccc3c2OCN(C(=O)c2c(Cl)cc(N4CCOCC4)cc2Cl)C3)cc(N2CCOCC2)c1C(=O)O. The second kappa shape index (κ2) is 12.0. The van der Waals surface area contributed by atoms with Gasteiger partial charge in [0.05, 0.1) is 59.8 Å². The third kappa shape index (κ3) is 5.49. The van der Waals surface area contributed by atoms with Gasteiger partial charge < -0.3 is 34.0 Å². The molecule has 0 aliphatic carbocycles. The van der Waals surface area contributed by atoms with Gasteiger partial charge in [0.1, 0.15) is 5.75 Å². The Bertz CT molecular complexity index is 1510. The summed E-state index contributed by atoms with van der Waals surface area (Å²) in [5.74, 6) is -0.612. The van der Waals surface area contributed by atoms with Gasteiger partial charge in [0.15, 0.2) is 6.73 Å². The highest BCUT2D eigenvalue weighted by atomic mass is 35.5. The minimum Gasteiger partial charge on any atom is -0.478 e. The molecule has 3 aliphatic rings. The summed E-state index contributed by atoms with van der Waals surface area (Å²) in [6, 6.07) is 13.1. The summed E-state index contributed by atoms with van der Waals surface area (Å²) in [6.45, 7) is 7.15. The monoisotopic (exact) mass is 611 g/mol. The van der Waals surface area contributed by atoms with E-state index in [1.165, 1.54) is 0 Å². The van der Waals surface area contributed by atoms with Crippen LogP contribution in [0.15, 0.2) is 42.5 Å². The molecule has 3 aromatic rings. The molecule has 2 fully saturated rings. The highest BCUT2D eigenvalue weighted by molar-refractivity contribution is 6.40. The van der Waals surface area contributed by atoms with E-state index in [1.807, 2.05) is 37.3 Å². The Balaban J connectivity index is 1.29. The van der Waals surface area contributed by atoms with E-state index in [0.29, 0.717) is 63.1 Å². The van der Waals surface area contributed by atoms with E-state index in [9.17, 15) is 14.7 Å². The topological polar surface area (TPSA) is 91.8 Å². The highest BCUT2D eigenvalue weighted by Gasteiger charge is 2.29. The zero-order chi connectivity index (χ0) is 29.4. The first-order valence-corrected chi connectivity index (χ1v) is 14.6. The average molecular weight is 613 g/mol. The lowest BCUT2D eigenvalue weighted by Gasteiger charge is -2.32. The number of carbonyl (C=O) groups is 2. The van der Waals surface area contributed by atoms with Gasteiger partial charge in [0.2, 0.25) is 0 Å². The number of ether oxygens (including phenoxy) is 3. The molecule has 0 aromatic heterocycles. The summed E-state index contributed by atoms with van der Waals surface area (Å²) in [5, 5.41) is 10.6. The number of halogens is 2. The van der Waals surface area contributed by atoms with Gasteiger partial charge in [-0.1, -0.05) is 47.5 Å². The fraction of sp³-hybridized carbons (Fsp3) is 0.355. The Morgan fingerprint density at radius 1 is 0.857 bits per heavy atom. The maximum atomic E-state index is 13.6. The fourth-order valence-corrected chi connectivity index (χ4v) is 6.45. The molecule has 0 saturated carbocycles. The fourth-order valence-electron chi connectivity index (χ4n) is 5.81. The van der Waals surface area contributed by atoms with Crippen molar-refractivity contribution in [1.29, 1.82) is 0 Å². The summed E-state index contributed by atoms with van der Waals surface area (Å²) in [4.78, 5) is 31.6. The Hall–Kier alpha value is -3.50. The summed E-state index contributed by atoms with van der Waals surface area (Å²) in [6.07, 6.45) is 0. The van der Waals surface area contributed by atoms with Crippen molar-refractivity contribution in [3.8, 4) is 16.9 Å². The van der Waals surface area contributed by atoms with Crippen LogP contribution in [0.1, 0.15) is 31.8 Å². The molecule has 3 heterocycles. The van der Waals surface area contributed by atoms with E-state index in [4.69, 9.17) is 37.4 Å². The van der Waals surface area contributed by atoms with Crippen LogP contribution in [0.4, 0.5) is 11.4 Å². The van der Waals surface area contributed by atoms with Crippen LogP contribution in [0, 0.1) is 6.92 Å². The van der Waals surface area contributed by atoms with Crippen molar-refractivity contribution in [2.45, 2.75) is 13.5 Å². The third-order valence-electron chi connectivity index (χ3n) is 7.92. The molecule has 6 rings (SSSR count). The van der Waals surface area contributed by atoms with Crippen molar-refractivity contribution in [1.82, 2.24) is 4.90 Å². The number of aryl methyl sites for hydroxylation is 1. The Morgan fingerprint density at radius 2 is 1.50 bits per heavy atom. The molecule has 11 heteroatoms. The molecule has 220 valence electrons. The van der Waals surface area contributed by atoms with Gasteiger partial charge >= 0.3 is 5.97 Å². The van der Waals surface area contributed by atoms with Crippen LogP contribution < -0.4 is 14.5 Å². The minimum atomic E-state index is -0.962. The van der Waals surface area contributed by atoms with E-state index in [2.05, 4.69) is 9.80 Å². The number of carboxylic acids is 1. The molecule has 0 spiro atoms. The number of hydrogen-bond acceptors (Lipinski definition) is 7. The standard InChI is InChI=1S/C31H31Cl2N3O6/c1-19-13-21(14-26(27(19)31(38)39)35-7-11-41-12-8-35)23-4-2-3-20-17-36(18-42-29(20)23)30(37)28-24(32)15-22(16-25(28)33)34-5-9-40-10-6-34/h2-4,13-16H,5-12,17-18H2,1H3,(H,38,39). The lowest BCUT2D eigenvalue weighted by molar-refractivity contribution is 0.0516. The number of rotatable bonds is 5. The number of benzene rings is 3. The Morgan fingerprint density at radius 3 is 2.14 bits per heavy atom. The molecule has 1 N–H and O–H groups in total. The lowest BCUT2D eigenvalue weighted by atomic mass is 9.94. The second-order valence-electron chi connectivity index (χ2n) is 10.5. The van der Waals surface area contributed by atoms with Crippen LogP contribution in [-0.2, 0) is 16.0 Å². The molecule has 2 saturated heterocycles. The average Bonchev–Trinajstić information content (AvgIpc) is 3.00. The third-order valence-corrected chi connectivity index (χ3v) is 8.51. The molecule has 0 bridgehead atoms. The maximum Gasteiger partial charge on any atom is 0.338 e. The molecular formula is C31H31Cl2N3O6. The quantitative estimate of drug-likeness (QED) is 0.414. The number of nitrogens with zero attached hydrogens (tertiary/aromatic N) is 3. The van der Waals surface area contributed by atoms with Gasteiger partial charge in [-0.05, 0) is 36.2 Å². The van der Waals surface area contributed by atoms with Crippen LogP contribution in [0.3, 0.4) is 0 Å². The van der Waals surface area contributed by atoms with Gasteiger partial charge in [-0.25, -0.2) is 4.79 Å². The van der Waals surface area contributed by atoms with Crippen LogP contribution >= 0.6 is 23.2 Å². The van der Waals surface area contributed by atoms with Gasteiger partial charge in [-0.15, -0.1) is 0 Å². The predicted octanol–water partition coefficient (Wildman–Crippen LogP) is 5.33. The van der Waals surface area contributed by atoms with Gasteiger partial charge in [-0.2, -0.15) is 0 Å². The van der Waals surface area contributed by atoms with Crippen LogP contribution in [0.2, 0.25) is 10.0 Å². The molecule has 0 unspecified atom stereocenters. The van der Waals surface area contributed by atoms with Crippen molar-refractivity contribution in [2.24, 2.45) is 0 Å². The van der Waals surface area contributed by atoms with Gasteiger partial charge in [0.25, 0.3) is 5.91 Å². The molecular weight excluding hydrogens is 581 g/mol. The number of carbonyl (C=O) groups excluding carboxylic acids is 1. The number of carboxylic acid groups (broad SMARTS) is 1. The molecule has 1 amide bonds. The van der Waals surface area contributed by atoms with E-state index < -0.39 is 5.97 Å². The summed E-state index contributed by atoms with van der Waals surface area (Å²) < 4.78 is 17.1. The molecule has 3 aromatic carbocycles. The number of hydrogen-bond donors (Lipinski definition) is 1. The number of anilines is 2. The number of para-hydroxylation sites is 1. The van der Waals surface area contributed by atoms with E-state index in [-0.39, 0.29) is 33.8 Å². The zero-order valence-corrected chi connectivity index (χ0v) is 24.7. The maximum absolute atomic E-state index is 13.6. The molecule has 0 atom stereocenters. The second-order valence-corrected chi connectivity index (χ2v) is 11.4. The lowest BCUT2D eigenvalue weighted by Crippen LogP contribution is -2.38. The smallest absolute Gasteiger partial charge is 0.338 e. The number of aromatic carboxylic acids is 1. The normalized spacial score (nSPS) is 17.1. The van der Waals surface area contributed by atoms with Gasteiger partial charge in [0, 0.05) is 43.0 Å². The van der Waals surface area contributed by atoms with Crippen molar-refractivity contribution in [3.05, 3.63) is 74.8 Å². The number of fused-ring (bicyclic) bond motifs is 1. The largest absolute Gasteiger partial charge is 0.478 e. The van der Waals surface area contributed by atoms with Crippen LogP contribution in [0.5, 0.6) is 5.75 Å². The van der Waals surface area contributed by atoms with Crippen molar-refractivity contribution >= 4 is 46.5 Å². The predicted molar refractivity (Wildman–Crippen MR) is 161 cm³/mol. The summed E-state index contributed by atoms with van der Waals surface area (Å²) in [7, 11) is 0. The van der Waals surface area contributed by atoms with E-state index in [0.717, 1.165) is 35.5 Å². The zero-order valence-electron chi connectivity index (χ0n) is 23.2. The Labute approximate surface area is 254 Å². The van der Waals surface area contributed by atoms with Crippen LogP contribution in [0.25, 0.3) is 11.1 Å². The Kier molecular flexibility index (Phi) is 8.18. The summed E-state index contributed by atoms with van der Waals surface area (Å²) >= 11 is 13.2. The van der Waals surface area contributed by atoms with Crippen molar-refractivity contribution < 1.29 is 28.9 Å². The molecule has 3 aliphatic heterocycles. The minimum absolute atomic E-state index is 0.0171. The molecule has 0 radical (unpaired) electrons. The van der Waals surface area contributed by atoms with Crippen molar-refractivity contribution in [3.63, 3.8) is 0 Å². The highest BCUT2D eigenvalue weighted by Crippen LogP contribution is 2.41. The van der Waals surface area contributed by atoms with Crippen LogP contribution in [-0.4, -0.2) is 81.2 Å².